The molecular weight excluding hydrogens is 396 g/mol. The van der Waals surface area contributed by atoms with Crippen LogP contribution < -0.4 is 4.90 Å². The third kappa shape index (κ3) is 5.94. The normalized spacial score (nSPS) is 14.3. The number of carbonyl (C=O) groups is 1. The zero-order valence-electron chi connectivity index (χ0n) is 18.5. The molecule has 1 aromatic heterocycles. The lowest BCUT2D eigenvalue weighted by atomic mass is 10.0. The van der Waals surface area contributed by atoms with Gasteiger partial charge in [-0.15, -0.1) is 0 Å². The molecule has 1 aliphatic heterocycles. The lowest BCUT2D eigenvalue weighted by Gasteiger charge is -2.36. The van der Waals surface area contributed by atoms with E-state index < -0.39 is 0 Å². The van der Waals surface area contributed by atoms with Gasteiger partial charge in [0, 0.05) is 55.3 Å². The van der Waals surface area contributed by atoms with Crippen molar-refractivity contribution in [3.8, 4) is 0 Å². The molecule has 0 radical (unpaired) electrons. The minimum Gasteiger partial charge on any atom is -0.353 e. The molecule has 6 heteroatoms. The molecule has 30 heavy (non-hydrogen) atoms. The van der Waals surface area contributed by atoms with Gasteiger partial charge in [0.2, 0.25) is 5.91 Å². The van der Waals surface area contributed by atoms with Crippen LogP contribution in [0.4, 0.5) is 5.82 Å². The van der Waals surface area contributed by atoms with E-state index in [-0.39, 0.29) is 0 Å². The van der Waals surface area contributed by atoms with Crippen LogP contribution in [-0.4, -0.2) is 47.0 Å². The smallest absolute Gasteiger partial charge is 0.222 e. The standard InChI is InChI=1S/C24H33ClN4O/c1-4-5-6-7-8-23(30)28-13-15-29(16-14-28)24-22(18(2)26-19(3)27-24)17-20-9-11-21(25)12-10-20/h9-12H,4-8,13-17H2,1-3H3. The number of hydrogen-bond donors (Lipinski definition) is 0. The van der Waals surface area contributed by atoms with Gasteiger partial charge in [-0.2, -0.15) is 0 Å². The van der Waals surface area contributed by atoms with Gasteiger partial charge in [-0.05, 0) is 38.0 Å². The summed E-state index contributed by atoms with van der Waals surface area (Å²) in [5.41, 5.74) is 3.36. The Bertz CT molecular complexity index is 845. The highest BCUT2D eigenvalue weighted by Crippen LogP contribution is 2.26. The molecule has 2 heterocycles. The molecule has 1 aliphatic rings. The van der Waals surface area contributed by atoms with E-state index in [4.69, 9.17) is 16.6 Å². The number of unbranched alkanes of at least 4 members (excludes halogenated alkanes) is 3. The third-order valence-electron chi connectivity index (χ3n) is 5.77. The number of amides is 1. The zero-order valence-corrected chi connectivity index (χ0v) is 19.2. The average molecular weight is 429 g/mol. The number of aryl methyl sites for hydroxylation is 2. The summed E-state index contributed by atoms with van der Waals surface area (Å²) < 4.78 is 0. The van der Waals surface area contributed by atoms with Crippen LogP contribution in [0, 0.1) is 13.8 Å². The SMILES string of the molecule is CCCCCCC(=O)N1CCN(c2nc(C)nc(C)c2Cc2ccc(Cl)cc2)CC1. The summed E-state index contributed by atoms with van der Waals surface area (Å²) in [6.07, 6.45) is 6.01. The van der Waals surface area contributed by atoms with Crippen molar-refractivity contribution >= 4 is 23.3 Å². The van der Waals surface area contributed by atoms with Gasteiger partial charge in [-0.3, -0.25) is 4.79 Å². The molecule has 2 aromatic rings. The lowest BCUT2D eigenvalue weighted by molar-refractivity contribution is -0.131. The molecule has 0 spiro atoms. The Balaban J connectivity index is 1.67. The number of carbonyl (C=O) groups excluding carboxylic acids is 1. The molecule has 162 valence electrons. The summed E-state index contributed by atoms with van der Waals surface area (Å²) in [6, 6.07) is 7.96. The van der Waals surface area contributed by atoms with Gasteiger partial charge in [0.05, 0.1) is 0 Å². The van der Waals surface area contributed by atoms with Gasteiger partial charge < -0.3 is 9.80 Å². The van der Waals surface area contributed by atoms with Crippen LogP contribution >= 0.6 is 11.6 Å². The van der Waals surface area contributed by atoms with E-state index in [0.717, 1.165) is 73.4 Å². The predicted octanol–water partition coefficient (Wildman–Crippen LogP) is 4.96. The monoisotopic (exact) mass is 428 g/mol. The van der Waals surface area contributed by atoms with Crippen molar-refractivity contribution in [1.29, 1.82) is 0 Å². The van der Waals surface area contributed by atoms with Crippen molar-refractivity contribution in [3.05, 3.63) is 51.9 Å². The molecule has 5 nitrogen and oxygen atoms in total. The van der Waals surface area contributed by atoms with Gasteiger partial charge in [-0.25, -0.2) is 9.97 Å². The van der Waals surface area contributed by atoms with E-state index in [1.807, 2.05) is 24.0 Å². The van der Waals surface area contributed by atoms with Crippen molar-refractivity contribution in [1.82, 2.24) is 14.9 Å². The highest BCUT2D eigenvalue weighted by molar-refractivity contribution is 6.30. The molecule has 1 aromatic carbocycles. The van der Waals surface area contributed by atoms with Crippen LogP contribution in [0.3, 0.4) is 0 Å². The van der Waals surface area contributed by atoms with Crippen molar-refractivity contribution in [3.63, 3.8) is 0 Å². The Morgan fingerprint density at radius 3 is 2.37 bits per heavy atom. The number of anilines is 1. The van der Waals surface area contributed by atoms with Crippen molar-refractivity contribution < 1.29 is 4.79 Å². The average Bonchev–Trinajstić information content (AvgIpc) is 2.74. The topological polar surface area (TPSA) is 49.3 Å². The highest BCUT2D eigenvalue weighted by atomic mass is 35.5. The van der Waals surface area contributed by atoms with Crippen LogP contribution in [0.25, 0.3) is 0 Å². The second kappa shape index (κ2) is 10.8. The van der Waals surface area contributed by atoms with Crippen molar-refractivity contribution in [2.75, 3.05) is 31.1 Å². The summed E-state index contributed by atoms with van der Waals surface area (Å²) >= 11 is 6.04. The first-order chi connectivity index (χ1) is 14.5. The molecular formula is C24H33ClN4O. The van der Waals surface area contributed by atoms with Gasteiger partial charge in [0.1, 0.15) is 11.6 Å². The lowest BCUT2D eigenvalue weighted by Crippen LogP contribution is -2.49. The van der Waals surface area contributed by atoms with E-state index >= 15 is 0 Å². The van der Waals surface area contributed by atoms with E-state index in [0.29, 0.717) is 12.3 Å². The van der Waals surface area contributed by atoms with E-state index in [2.05, 4.69) is 35.9 Å². The Kier molecular flexibility index (Phi) is 8.08. The number of hydrogen-bond acceptors (Lipinski definition) is 4. The second-order valence-electron chi connectivity index (χ2n) is 8.14. The molecule has 0 aliphatic carbocycles. The Morgan fingerprint density at radius 1 is 1.00 bits per heavy atom. The summed E-state index contributed by atoms with van der Waals surface area (Å²) in [5, 5.41) is 0.742. The number of aromatic nitrogens is 2. The molecule has 0 bridgehead atoms. The molecule has 0 atom stereocenters. The van der Waals surface area contributed by atoms with Crippen LogP contribution in [0.1, 0.15) is 61.7 Å². The van der Waals surface area contributed by atoms with Gasteiger partial charge in [0.15, 0.2) is 0 Å². The van der Waals surface area contributed by atoms with E-state index in [9.17, 15) is 4.79 Å². The maximum atomic E-state index is 12.5. The maximum Gasteiger partial charge on any atom is 0.222 e. The fourth-order valence-electron chi connectivity index (χ4n) is 4.02. The minimum atomic E-state index is 0.294. The fraction of sp³-hybridized carbons (Fsp3) is 0.542. The molecule has 1 fully saturated rings. The first-order valence-corrected chi connectivity index (χ1v) is 11.5. The molecule has 0 saturated carbocycles. The van der Waals surface area contributed by atoms with Crippen LogP contribution in [0.15, 0.2) is 24.3 Å². The Hall–Kier alpha value is -2.14. The number of piperazine rings is 1. The maximum absolute atomic E-state index is 12.5. The first-order valence-electron chi connectivity index (χ1n) is 11.1. The second-order valence-corrected chi connectivity index (χ2v) is 8.58. The molecule has 3 rings (SSSR count). The Labute approximate surface area is 185 Å². The summed E-state index contributed by atoms with van der Waals surface area (Å²) in [5.74, 6) is 2.09. The Morgan fingerprint density at radius 2 is 1.70 bits per heavy atom. The number of nitrogens with zero attached hydrogens (tertiary/aromatic N) is 4. The van der Waals surface area contributed by atoms with E-state index in [1.165, 1.54) is 18.4 Å². The van der Waals surface area contributed by atoms with Crippen molar-refractivity contribution in [2.24, 2.45) is 0 Å². The zero-order chi connectivity index (χ0) is 21.5. The minimum absolute atomic E-state index is 0.294. The van der Waals surface area contributed by atoms with Crippen LogP contribution in [-0.2, 0) is 11.2 Å². The molecule has 1 amide bonds. The third-order valence-corrected chi connectivity index (χ3v) is 6.03. The highest BCUT2D eigenvalue weighted by Gasteiger charge is 2.24. The van der Waals surface area contributed by atoms with Gasteiger partial charge in [0.25, 0.3) is 0 Å². The van der Waals surface area contributed by atoms with Gasteiger partial charge in [-0.1, -0.05) is 49.9 Å². The van der Waals surface area contributed by atoms with Gasteiger partial charge >= 0.3 is 0 Å². The summed E-state index contributed by atoms with van der Waals surface area (Å²) in [4.78, 5) is 26.3. The first kappa shape index (κ1) is 22.5. The van der Waals surface area contributed by atoms with Crippen LogP contribution in [0.2, 0.25) is 5.02 Å². The molecule has 1 saturated heterocycles. The fourth-order valence-corrected chi connectivity index (χ4v) is 4.15. The number of halogens is 1. The quantitative estimate of drug-likeness (QED) is 0.558. The van der Waals surface area contributed by atoms with E-state index in [1.54, 1.807) is 0 Å². The largest absolute Gasteiger partial charge is 0.353 e. The number of benzene rings is 1. The molecule has 0 N–H and O–H groups in total. The van der Waals surface area contributed by atoms with Crippen molar-refractivity contribution in [2.45, 2.75) is 59.3 Å². The predicted molar refractivity (Wildman–Crippen MR) is 123 cm³/mol. The summed E-state index contributed by atoms with van der Waals surface area (Å²) in [7, 11) is 0. The summed E-state index contributed by atoms with van der Waals surface area (Å²) in [6.45, 7) is 9.33. The van der Waals surface area contributed by atoms with Crippen LogP contribution in [0.5, 0.6) is 0 Å². The molecule has 0 unspecified atom stereocenters. The number of rotatable bonds is 8.